The molecule has 0 spiro atoms. The van der Waals surface area contributed by atoms with Gasteiger partial charge in [-0.3, -0.25) is 4.39 Å². The Bertz CT molecular complexity index is 1330. The number of nitrogens with zero attached hydrogens (tertiary/aromatic N) is 1. The summed E-state index contributed by atoms with van der Waals surface area (Å²) >= 11 is 13.1. The van der Waals surface area contributed by atoms with Crippen molar-refractivity contribution in [3.8, 4) is 0 Å². The summed E-state index contributed by atoms with van der Waals surface area (Å²) < 4.78 is 12.4. The van der Waals surface area contributed by atoms with Crippen LogP contribution in [0.5, 0.6) is 0 Å². The predicted octanol–water partition coefficient (Wildman–Crippen LogP) is 7.82. The summed E-state index contributed by atoms with van der Waals surface area (Å²) in [5.41, 5.74) is 7.89. The van der Waals surface area contributed by atoms with Gasteiger partial charge in [-0.25, -0.2) is 4.79 Å². The van der Waals surface area contributed by atoms with Crippen LogP contribution in [0.2, 0.25) is 10.0 Å². The second-order valence-corrected chi connectivity index (χ2v) is 10.8. The standard InChI is InChI=1S/C31H30Cl2FNO2/c32-28-7-2-6-27(30(28)33)26-5-1-4-23-17-24(31(36)37)12-13-25(23)29(26)22-10-8-20(9-11-22)16-21-18-35(19-21)15-3-14-34/h2,6-13,17,21H,1,3-5,14-16,18-19H2,(H,36,37). The molecule has 0 aromatic heterocycles. The van der Waals surface area contributed by atoms with Crippen molar-refractivity contribution in [3.05, 3.63) is 104 Å². The average Bonchev–Trinajstić information content (AvgIpc) is 3.06. The highest BCUT2D eigenvalue weighted by atomic mass is 35.5. The molecule has 3 aromatic rings. The molecule has 1 saturated heterocycles. The number of allylic oxidation sites excluding steroid dienone is 1. The summed E-state index contributed by atoms with van der Waals surface area (Å²) in [4.78, 5) is 14.0. The molecule has 3 nitrogen and oxygen atoms in total. The Labute approximate surface area is 227 Å². The van der Waals surface area contributed by atoms with Crippen molar-refractivity contribution in [2.75, 3.05) is 26.3 Å². The van der Waals surface area contributed by atoms with Crippen LogP contribution in [0.15, 0.2) is 60.7 Å². The van der Waals surface area contributed by atoms with E-state index in [0.717, 1.165) is 78.7 Å². The molecule has 5 rings (SSSR count). The third-order valence-electron chi connectivity index (χ3n) is 7.48. The molecular formula is C31H30Cl2FNO2. The molecule has 1 heterocycles. The highest BCUT2D eigenvalue weighted by Crippen LogP contribution is 2.43. The van der Waals surface area contributed by atoms with Crippen molar-refractivity contribution in [2.45, 2.75) is 32.1 Å². The fourth-order valence-corrected chi connectivity index (χ4v) is 6.08. The van der Waals surface area contributed by atoms with E-state index in [4.69, 9.17) is 23.2 Å². The van der Waals surface area contributed by atoms with E-state index in [1.807, 2.05) is 18.2 Å². The molecule has 0 radical (unpaired) electrons. The van der Waals surface area contributed by atoms with Gasteiger partial charge in [0.05, 0.1) is 22.3 Å². The average molecular weight is 538 g/mol. The molecule has 1 aliphatic carbocycles. The van der Waals surface area contributed by atoms with Crippen LogP contribution in [0, 0.1) is 5.92 Å². The first-order valence-corrected chi connectivity index (χ1v) is 13.6. The number of aryl methyl sites for hydroxylation is 1. The first kappa shape index (κ1) is 26.0. The van der Waals surface area contributed by atoms with Crippen molar-refractivity contribution in [2.24, 2.45) is 5.92 Å². The lowest BCUT2D eigenvalue weighted by molar-refractivity contribution is 0.0696. The molecule has 37 heavy (non-hydrogen) atoms. The lowest BCUT2D eigenvalue weighted by atomic mass is 9.86. The van der Waals surface area contributed by atoms with Gasteiger partial charge in [0.15, 0.2) is 0 Å². The SMILES string of the molecule is O=C(O)c1ccc2c(c1)CCCC(c1cccc(Cl)c1Cl)=C2c1ccc(CC2CN(CCCF)C2)cc1. The van der Waals surface area contributed by atoms with Crippen LogP contribution in [-0.2, 0) is 12.8 Å². The van der Waals surface area contributed by atoms with E-state index < -0.39 is 5.97 Å². The summed E-state index contributed by atoms with van der Waals surface area (Å²) in [6.45, 7) is 2.66. The number of benzene rings is 3. The van der Waals surface area contributed by atoms with E-state index in [0.29, 0.717) is 27.9 Å². The monoisotopic (exact) mass is 537 g/mol. The number of fused-ring (bicyclic) bond motifs is 1. The molecule has 0 unspecified atom stereocenters. The van der Waals surface area contributed by atoms with Gasteiger partial charge in [0.1, 0.15) is 0 Å². The molecule has 3 aromatic carbocycles. The molecular weight excluding hydrogens is 508 g/mol. The Kier molecular flexibility index (Phi) is 7.99. The van der Waals surface area contributed by atoms with E-state index in [2.05, 4.69) is 29.2 Å². The number of rotatable bonds is 8. The normalized spacial score (nSPS) is 16.3. The molecule has 0 saturated carbocycles. The summed E-state index contributed by atoms with van der Waals surface area (Å²) in [5, 5.41) is 10.6. The number of aromatic carboxylic acids is 1. The minimum Gasteiger partial charge on any atom is -0.478 e. The van der Waals surface area contributed by atoms with Gasteiger partial charge in [-0.15, -0.1) is 0 Å². The molecule has 2 aliphatic rings. The number of carbonyl (C=O) groups is 1. The zero-order valence-electron chi connectivity index (χ0n) is 20.7. The maximum absolute atomic E-state index is 12.4. The minimum absolute atomic E-state index is 0.248. The molecule has 1 N–H and O–H groups in total. The lowest BCUT2D eigenvalue weighted by Gasteiger charge is -2.39. The number of carboxylic acid groups (broad SMARTS) is 1. The predicted molar refractivity (Wildman–Crippen MR) is 149 cm³/mol. The van der Waals surface area contributed by atoms with Crippen LogP contribution < -0.4 is 0 Å². The topological polar surface area (TPSA) is 40.5 Å². The molecule has 192 valence electrons. The Morgan fingerprint density at radius 3 is 2.51 bits per heavy atom. The van der Waals surface area contributed by atoms with Gasteiger partial charge in [-0.05, 0) is 95.2 Å². The number of carboxylic acids is 1. The Morgan fingerprint density at radius 2 is 1.78 bits per heavy atom. The zero-order chi connectivity index (χ0) is 25.9. The van der Waals surface area contributed by atoms with Gasteiger partial charge in [-0.2, -0.15) is 0 Å². The molecule has 1 fully saturated rings. The number of alkyl halides is 1. The molecule has 6 heteroatoms. The van der Waals surface area contributed by atoms with E-state index in [1.165, 1.54) is 5.56 Å². The Morgan fingerprint density at radius 1 is 1.00 bits per heavy atom. The van der Waals surface area contributed by atoms with Crippen LogP contribution in [0.1, 0.15) is 57.4 Å². The summed E-state index contributed by atoms with van der Waals surface area (Å²) in [6.07, 6.45) is 4.11. The first-order valence-electron chi connectivity index (χ1n) is 12.9. The fourth-order valence-electron chi connectivity index (χ4n) is 5.67. The third kappa shape index (κ3) is 5.62. The molecule has 0 bridgehead atoms. The Hall–Kier alpha value is -2.66. The van der Waals surface area contributed by atoms with Crippen LogP contribution in [0.4, 0.5) is 4.39 Å². The van der Waals surface area contributed by atoms with E-state index in [9.17, 15) is 14.3 Å². The molecule has 1 aliphatic heterocycles. The van der Waals surface area contributed by atoms with Gasteiger partial charge in [-0.1, -0.05) is 65.7 Å². The van der Waals surface area contributed by atoms with Crippen molar-refractivity contribution in [3.63, 3.8) is 0 Å². The van der Waals surface area contributed by atoms with Crippen LogP contribution in [-0.4, -0.2) is 42.3 Å². The number of hydrogen-bond donors (Lipinski definition) is 1. The van der Waals surface area contributed by atoms with E-state index >= 15 is 0 Å². The maximum atomic E-state index is 12.4. The van der Waals surface area contributed by atoms with E-state index in [-0.39, 0.29) is 6.67 Å². The minimum atomic E-state index is -0.917. The highest BCUT2D eigenvalue weighted by molar-refractivity contribution is 6.43. The van der Waals surface area contributed by atoms with Gasteiger partial charge >= 0.3 is 5.97 Å². The summed E-state index contributed by atoms with van der Waals surface area (Å²) in [7, 11) is 0. The number of hydrogen-bond acceptors (Lipinski definition) is 2. The zero-order valence-corrected chi connectivity index (χ0v) is 22.2. The van der Waals surface area contributed by atoms with E-state index in [1.54, 1.807) is 18.2 Å². The van der Waals surface area contributed by atoms with Gasteiger partial charge < -0.3 is 10.0 Å². The van der Waals surface area contributed by atoms with Crippen molar-refractivity contribution < 1.29 is 14.3 Å². The molecule has 0 amide bonds. The van der Waals surface area contributed by atoms with Crippen LogP contribution in [0.3, 0.4) is 0 Å². The first-order chi connectivity index (χ1) is 17.9. The Balaban J connectivity index is 1.51. The molecule has 0 atom stereocenters. The highest BCUT2D eigenvalue weighted by Gasteiger charge is 2.27. The second kappa shape index (κ2) is 11.4. The van der Waals surface area contributed by atoms with Gasteiger partial charge in [0, 0.05) is 19.6 Å². The third-order valence-corrected chi connectivity index (χ3v) is 8.30. The van der Waals surface area contributed by atoms with Crippen molar-refractivity contribution >= 4 is 40.3 Å². The fraction of sp³-hybridized carbons (Fsp3) is 0.323. The summed E-state index contributed by atoms with van der Waals surface area (Å²) in [6, 6.07) is 19.9. The number of likely N-dealkylation sites (tertiary alicyclic amines) is 1. The second-order valence-electron chi connectivity index (χ2n) is 10.1. The van der Waals surface area contributed by atoms with Crippen molar-refractivity contribution in [1.29, 1.82) is 0 Å². The summed E-state index contributed by atoms with van der Waals surface area (Å²) in [5.74, 6) is -0.308. The lowest BCUT2D eigenvalue weighted by Crippen LogP contribution is -2.47. The number of halogens is 3. The van der Waals surface area contributed by atoms with Gasteiger partial charge in [0.2, 0.25) is 0 Å². The quantitative estimate of drug-likeness (QED) is 0.318. The van der Waals surface area contributed by atoms with Crippen LogP contribution >= 0.6 is 23.2 Å². The maximum Gasteiger partial charge on any atom is 0.335 e. The van der Waals surface area contributed by atoms with Crippen molar-refractivity contribution in [1.82, 2.24) is 4.90 Å². The van der Waals surface area contributed by atoms with Gasteiger partial charge in [0.25, 0.3) is 0 Å². The van der Waals surface area contributed by atoms with Crippen LogP contribution in [0.25, 0.3) is 11.1 Å². The largest absolute Gasteiger partial charge is 0.478 e. The smallest absolute Gasteiger partial charge is 0.335 e.